The van der Waals surface area contributed by atoms with Crippen molar-refractivity contribution in [3.8, 4) is 0 Å². The lowest BCUT2D eigenvalue weighted by atomic mass is 10.3. The van der Waals surface area contributed by atoms with Gasteiger partial charge in [-0.2, -0.15) is 0 Å². The highest BCUT2D eigenvalue weighted by Crippen LogP contribution is 2.40. The molecule has 0 aromatic carbocycles. The zero-order valence-corrected chi connectivity index (χ0v) is 7.17. The van der Waals surface area contributed by atoms with E-state index in [-0.39, 0.29) is 0 Å². The molecular weight excluding hydrogens is 144 g/mol. The molecule has 1 aliphatic carbocycles. The molecule has 0 unspecified atom stereocenters. The fraction of sp³-hybridized carbons (Fsp3) is 1.00. The summed E-state index contributed by atoms with van der Waals surface area (Å²) in [5.41, 5.74) is -0.675. The van der Waals surface area contributed by atoms with Crippen LogP contribution < -0.4 is 0 Å². The van der Waals surface area contributed by atoms with Crippen LogP contribution in [-0.2, 0) is 9.47 Å². The minimum Gasteiger partial charge on any atom is -0.385 e. The summed E-state index contributed by atoms with van der Waals surface area (Å²) in [5.74, 6) is 0. The van der Waals surface area contributed by atoms with E-state index in [1.165, 1.54) is 0 Å². The molecule has 1 rings (SSSR count). The molecule has 0 spiro atoms. The van der Waals surface area contributed by atoms with Crippen molar-refractivity contribution in [1.82, 2.24) is 0 Å². The number of aliphatic hydroxyl groups is 1. The van der Waals surface area contributed by atoms with E-state index in [9.17, 15) is 5.11 Å². The molecule has 0 amide bonds. The van der Waals surface area contributed by atoms with Crippen molar-refractivity contribution in [3.63, 3.8) is 0 Å². The van der Waals surface area contributed by atoms with E-state index in [0.717, 1.165) is 12.8 Å². The molecule has 1 N–H and O–H groups in total. The van der Waals surface area contributed by atoms with Crippen LogP contribution >= 0.6 is 0 Å². The second-order valence-corrected chi connectivity index (χ2v) is 2.85. The third-order valence-electron chi connectivity index (χ3n) is 1.84. The topological polar surface area (TPSA) is 38.7 Å². The van der Waals surface area contributed by atoms with E-state index >= 15 is 0 Å². The van der Waals surface area contributed by atoms with Gasteiger partial charge in [0.1, 0.15) is 5.60 Å². The molecule has 0 radical (unpaired) electrons. The van der Waals surface area contributed by atoms with Crippen LogP contribution in [0.15, 0.2) is 0 Å². The molecule has 0 atom stereocenters. The van der Waals surface area contributed by atoms with Gasteiger partial charge in [0.05, 0.1) is 0 Å². The summed E-state index contributed by atoms with van der Waals surface area (Å²) in [6.45, 7) is 4.98. The molecule has 0 bridgehead atoms. The van der Waals surface area contributed by atoms with Gasteiger partial charge in [0, 0.05) is 13.2 Å². The van der Waals surface area contributed by atoms with Gasteiger partial charge in [-0.1, -0.05) is 0 Å². The predicted octanol–water partition coefficient (Wildman–Crippen LogP) is 0.910. The minimum absolute atomic E-state index is 0.405. The van der Waals surface area contributed by atoms with E-state index in [1.54, 1.807) is 0 Å². The minimum atomic E-state index is -0.675. The van der Waals surface area contributed by atoms with Crippen molar-refractivity contribution in [2.45, 2.75) is 38.6 Å². The van der Waals surface area contributed by atoms with Crippen LogP contribution in [0.1, 0.15) is 26.7 Å². The monoisotopic (exact) mass is 160 g/mol. The standard InChI is InChI=1S/C8H16O3/c1-3-10-7(11-4-2)8(9)5-6-8/h7,9H,3-6H2,1-2H3. The quantitative estimate of drug-likeness (QED) is 0.607. The van der Waals surface area contributed by atoms with Crippen LogP contribution in [0, 0.1) is 0 Å². The van der Waals surface area contributed by atoms with Gasteiger partial charge in [0.25, 0.3) is 0 Å². The Labute approximate surface area is 67.3 Å². The van der Waals surface area contributed by atoms with Gasteiger partial charge < -0.3 is 14.6 Å². The van der Waals surface area contributed by atoms with Gasteiger partial charge in [-0.3, -0.25) is 0 Å². The average Bonchev–Trinajstić information content (AvgIpc) is 2.69. The van der Waals surface area contributed by atoms with Crippen LogP contribution in [0.4, 0.5) is 0 Å². The van der Waals surface area contributed by atoms with Gasteiger partial charge in [-0.15, -0.1) is 0 Å². The van der Waals surface area contributed by atoms with Crippen molar-refractivity contribution in [2.75, 3.05) is 13.2 Å². The summed E-state index contributed by atoms with van der Waals surface area (Å²) in [5, 5.41) is 9.60. The Kier molecular flexibility index (Phi) is 2.87. The maximum atomic E-state index is 9.60. The predicted molar refractivity (Wildman–Crippen MR) is 41.2 cm³/mol. The summed E-state index contributed by atoms with van der Waals surface area (Å²) in [6.07, 6.45) is 1.20. The molecule has 0 heterocycles. The third kappa shape index (κ3) is 2.15. The highest BCUT2D eigenvalue weighted by Gasteiger charge is 2.49. The largest absolute Gasteiger partial charge is 0.385 e. The second-order valence-electron chi connectivity index (χ2n) is 2.85. The smallest absolute Gasteiger partial charge is 0.186 e. The molecule has 11 heavy (non-hydrogen) atoms. The van der Waals surface area contributed by atoms with E-state index in [4.69, 9.17) is 9.47 Å². The fourth-order valence-electron chi connectivity index (χ4n) is 1.02. The summed E-state index contributed by atoms with van der Waals surface area (Å²) in [6, 6.07) is 0. The van der Waals surface area contributed by atoms with Crippen LogP contribution in [0.5, 0.6) is 0 Å². The molecule has 0 saturated heterocycles. The Bertz CT molecular complexity index is 115. The van der Waals surface area contributed by atoms with Crippen LogP contribution in [-0.4, -0.2) is 30.2 Å². The maximum absolute atomic E-state index is 9.60. The molecule has 0 aromatic heterocycles. The van der Waals surface area contributed by atoms with Gasteiger partial charge in [0.2, 0.25) is 0 Å². The SMILES string of the molecule is CCOC(OCC)C1(O)CC1. The summed E-state index contributed by atoms with van der Waals surface area (Å²) in [4.78, 5) is 0. The van der Waals surface area contributed by atoms with Crippen molar-refractivity contribution in [1.29, 1.82) is 0 Å². The first kappa shape index (κ1) is 8.97. The number of ether oxygens (including phenoxy) is 2. The summed E-state index contributed by atoms with van der Waals surface area (Å²) in [7, 11) is 0. The first-order valence-corrected chi connectivity index (χ1v) is 4.18. The Balaban J connectivity index is 2.32. The first-order chi connectivity index (χ1) is 5.23. The summed E-state index contributed by atoms with van der Waals surface area (Å²) < 4.78 is 10.5. The van der Waals surface area contributed by atoms with Gasteiger partial charge in [0.15, 0.2) is 6.29 Å². The third-order valence-corrected chi connectivity index (χ3v) is 1.84. The summed E-state index contributed by atoms with van der Waals surface area (Å²) >= 11 is 0. The normalized spacial score (nSPS) is 20.7. The number of hydrogen-bond donors (Lipinski definition) is 1. The van der Waals surface area contributed by atoms with Gasteiger partial charge >= 0.3 is 0 Å². The molecule has 1 aliphatic rings. The van der Waals surface area contributed by atoms with Gasteiger partial charge in [-0.05, 0) is 26.7 Å². The first-order valence-electron chi connectivity index (χ1n) is 4.18. The Morgan fingerprint density at radius 3 is 2.00 bits per heavy atom. The highest BCUT2D eigenvalue weighted by atomic mass is 16.7. The van der Waals surface area contributed by atoms with Crippen LogP contribution in [0.25, 0.3) is 0 Å². The Morgan fingerprint density at radius 2 is 1.73 bits per heavy atom. The Hall–Kier alpha value is -0.120. The van der Waals surface area contributed by atoms with E-state index in [2.05, 4.69) is 0 Å². The second kappa shape index (κ2) is 3.52. The molecule has 0 aromatic rings. The number of rotatable bonds is 5. The van der Waals surface area contributed by atoms with Crippen molar-refractivity contribution in [3.05, 3.63) is 0 Å². The van der Waals surface area contributed by atoms with Crippen molar-refractivity contribution < 1.29 is 14.6 Å². The molecule has 3 nitrogen and oxygen atoms in total. The lowest BCUT2D eigenvalue weighted by Gasteiger charge is -2.21. The Morgan fingerprint density at radius 1 is 1.27 bits per heavy atom. The molecule has 1 fully saturated rings. The van der Waals surface area contributed by atoms with E-state index < -0.39 is 11.9 Å². The molecule has 66 valence electrons. The van der Waals surface area contributed by atoms with E-state index in [1.807, 2.05) is 13.8 Å². The zero-order chi connectivity index (χ0) is 8.32. The lowest BCUT2D eigenvalue weighted by Crippen LogP contribution is -2.33. The van der Waals surface area contributed by atoms with Gasteiger partial charge in [-0.25, -0.2) is 0 Å². The highest BCUT2D eigenvalue weighted by molar-refractivity contribution is 4.96. The van der Waals surface area contributed by atoms with Crippen molar-refractivity contribution in [2.24, 2.45) is 0 Å². The molecule has 0 aliphatic heterocycles. The zero-order valence-electron chi connectivity index (χ0n) is 7.17. The number of hydrogen-bond acceptors (Lipinski definition) is 3. The van der Waals surface area contributed by atoms with Crippen LogP contribution in [0.2, 0.25) is 0 Å². The maximum Gasteiger partial charge on any atom is 0.186 e. The molecule has 3 heteroatoms. The molecular formula is C8H16O3. The molecule has 1 saturated carbocycles. The van der Waals surface area contributed by atoms with E-state index in [0.29, 0.717) is 13.2 Å². The fourth-order valence-corrected chi connectivity index (χ4v) is 1.02. The average molecular weight is 160 g/mol. The van der Waals surface area contributed by atoms with Crippen molar-refractivity contribution >= 4 is 0 Å². The lowest BCUT2D eigenvalue weighted by molar-refractivity contribution is -0.200. The van der Waals surface area contributed by atoms with Crippen LogP contribution in [0.3, 0.4) is 0 Å².